The van der Waals surface area contributed by atoms with E-state index in [9.17, 15) is 38.4 Å². The van der Waals surface area contributed by atoms with Gasteiger partial charge in [-0.3, -0.25) is 38.1 Å². The number of hydrogen-bond acceptors (Lipinski definition) is 16. The van der Waals surface area contributed by atoms with E-state index in [0.717, 1.165) is 11.8 Å². The molecule has 3 rings (SSSR count). The van der Waals surface area contributed by atoms with Gasteiger partial charge in [0.05, 0.1) is 59.7 Å². The number of carbonyl (C=O) groups is 7. The molecule has 23 nitrogen and oxygen atoms in total. The van der Waals surface area contributed by atoms with Crippen LogP contribution in [-0.2, 0) is 54.3 Å². The summed E-state index contributed by atoms with van der Waals surface area (Å²) in [5, 5.41) is 20.7. The first-order chi connectivity index (χ1) is 34.6. The minimum atomic E-state index is -0.848. The van der Waals surface area contributed by atoms with Crippen LogP contribution in [0.3, 0.4) is 0 Å². The maximum Gasteiger partial charge on any atom is 0.327 e. The zero-order valence-corrected chi connectivity index (χ0v) is 41.4. The van der Waals surface area contributed by atoms with Gasteiger partial charge in [0.15, 0.2) is 11.5 Å². The van der Waals surface area contributed by atoms with Crippen molar-refractivity contribution in [2.24, 2.45) is 5.92 Å². The van der Waals surface area contributed by atoms with Gasteiger partial charge < -0.3 is 71.1 Å². The molecule has 394 valence electrons. The Morgan fingerprint density at radius 2 is 1.42 bits per heavy atom. The Bertz CT molecular complexity index is 2330. The van der Waals surface area contributed by atoms with Crippen molar-refractivity contribution in [2.75, 3.05) is 85.3 Å². The van der Waals surface area contributed by atoms with Crippen molar-refractivity contribution in [3.63, 3.8) is 0 Å². The van der Waals surface area contributed by atoms with Crippen molar-refractivity contribution >= 4 is 59.6 Å². The summed E-state index contributed by atoms with van der Waals surface area (Å²) in [6.07, 6.45) is 5.10. The smallest absolute Gasteiger partial charge is 0.327 e. The largest absolute Gasteiger partial charge is 0.493 e. The number of aromatic nitrogens is 2. The second-order valence-electron chi connectivity index (χ2n) is 16.2. The van der Waals surface area contributed by atoms with E-state index in [1.165, 1.54) is 29.9 Å². The summed E-state index contributed by atoms with van der Waals surface area (Å²) in [6.45, 7) is 8.67. The predicted octanol–water partition coefficient (Wildman–Crippen LogP) is 1.60. The van der Waals surface area contributed by atoms with Gasteiger partial charge in [-0.15, -0.1) is 0 Å². The van der Waals surface area contributed by atoms with E-state index >= 15 is 0 Å². The monoisotopic (exact) mass is 1010 g/mol. The second kappa shape index (κ2) is 33.3. The normalized spacial score (nSPS) is 11.4. The van der Waals surface area contributed by atoms with Crippen molar-refractivity contribution < 1.29 is 62.0 Å². The second-order valence-corrected chi connectivity index (χ2v) is 16.2. The van der Waals surface area contributed by atoms with E-state index in [1.54, 1.807) is 57.2 Å². The first-order valence-electron chi connectivity index (χ1n) is 23.7. The van der Waals surface area contributed by atoms with Gasteiger partial charge in [-0.25, -0.2) is 4.79 Å². The third kappa shape index (κ3) is 22.6. The van der Waals surface area contributed by atoms with Crippen molar-refractivity contribution in [3.8, 4) is 11.5 Å². The Kier molecular flexibility index (Phi) is 27.2. The van der Waals surface area contributed by atoms with Gasteiger partial charge >= 0.3 is 17.6 Å². The number of rotatable bonds is 35. The predicted molar refractivity (Wildman–Crippen MR) is 265 cm³/mol. The first-order valence-corrected chi connectivity index (χ1v) is 23.7. The van der Waals surface area contributed by atoms with Crippen LogP contribution >= 0.6 is 0 Å². The molecule has 0 aliphatic heterocycles. The molecule has 0 aliphatic rings. The number of anilines is 1. The molecular formula is C49H69N9O14. The Labute approximate surface area is 418 Å². The number of nitrogens with zero attached hydrogens (tertiary/aromatic N) is 1. The molecule has 1 heterocycles. The van der Waals surface area contributed by atoms with Crippen LogP contribution in [0.2, 0.25) is 0 Å². The van der Waals surface area contributed by atoms with Crippen LogP contribution < -0.4 is 47.5 Å². The molecule has 1 atom stereocenters. The summed E-state index contributed by atoms with van der Waals surface area (Å²) in [6, 6.07) is 10.6. The summed E-state index contributed by atoms with van der Waals surface area (Å²) in [5.74, 6) is -2.85. The molecule has 72 heavy (non-hydrogen) atoms. The van der Waals surface area contributed by atoms with Gasteiger partial charge in [-0.2, -0.15) is 0 Å². The Hall–Kier alpha value is -7.37. The summed E-state index contributed by atoms with van der Waals surface area (Å²) >= 11 is 0. The third-order valence-electron chi connectivity index (χ3n) is 10.3. The van der Waals surface area contributed by atoms with Crippen molar-refractivity contribution in [2.45, 2.75) is 71.9 Å². The van der Waals surface area contributed by atoms with Gasteiger partial charge in [0.1, 0.15) is 17.6 Å². The number of ether oxygens (including phenoxy) is 6. The van der Waals surface area contributed by atoms with E-state index in [4.69, 9.17) is 39.6 Å². The maximum absolute atomic E-state index is 12.6. The van der Waals surface area contributed by atoms with Crippen LogP contribution in [-0.4, -0.2) is 143 Å². The Morgan fingerprint density at radius 3 is 2.04 bits per heavy atom. The lowest BCUT2D eigenvalue weighted by atomic mass is 10.0. The number of nitrogen functional groups attached to an aromatic ring is 1. The van der Waals surface area contributed by atoms with Crippen LogP contribution in [0, 0.1) is 11.3 Å². The lowest BCUT2D eigenvalue weighted by Gasteiger charge is -2.21. The van der Waals surface area contributed by atoms with Gasteiger partial charge in [0.25, 0.3) is 5.91 Å². The van der Waals surface area contributed by atoms with Crippen molar-refractivity contribution in [3.05, 3.63) is 81.4 Å². The molecule has 0 aliphatic carbocycles. The number of methoxy groups -OCH3 is 1. The number of benzene rings is 2. The molecule has 0 saturated carbocycles. The standard InChI is InChI=1S/C49H69N9O14/c1-5-71-43(62)9-6-20-54-48(65)45(33(2)3)57-42(61)31-55-41(60)17-13-34-12-16-38(39(29-34)67-4)72-44(63)19-18-40(59)52-21-7-23-68-25-27-70-28-26-69-24-8-22-53-47(64)36-14-10-35(11-15-36)32-58-46(51)37(30-50)56-49(58)66/h10-17,29-30,33,45,50H,5-9,18-28,31-32,51H2,1-4H3,(H,52,59)(H,53,64)(H,54,65)(H,55,60)(H,56,66)(H,57,61)/b17-13+,50-30?/t45-/m0/s1. The van der Waals surface area contributed by atoms with Gasteiger partial charge in [-0.1, -0.05) is 32.0 Å². The van der Waals surface area contributed by atoms with Gasteiger partial charge in [0, 0.05) is 63.5 Å². The highest BCUT2D eigenvalue weighted by Gasteiger charge is 2.24. The molecule has 0 fully saturated rings. The SMILES string of the molecule is CCOC(=O)CCCNC(=O)[C@@H](NC(=O)CNC(=O)/C=C/c1ccc(OC(=O)CCC(=O)NCCCOCCOCCOCCCNC(=O)c2ccc(Cn3c(N)c(C=N)[nH]c3=O)cc2)c(OC)c1)C(C)C. The van der Waals surface area contributed by atoms with E-state index in [1.807, 2.05) is 0 Å². The molecule has 0 bridgehead atoms. The molecule has 0 spiro atoms. The fourth-order valence-corrected chi connectivity index (χ4v) is 6.43. The van der Waals surface area contributed by atoms with Crippen LogP contribution in [0.1, 0.15) is 86.5 Å². The minimum absolute atomic E-state index is 0.0908. The average molecular weight is 1010 g/mol. The van der Waals surface area contributed by atoms with Crippen LogP contribution in [0.15, 0.2) is 53.3 Å². The fourth-order valence-electron chi connectivity index (χ4n) is 6.43. The molecule has 2 aromatic carbocycles. The summed E-state index contributed by atoms with van der Waals surface area (Å²) in [7, 11) is 1.38. The van der Waals surface area contributed by atoms with Gasteiger partial charge in [0.2, 0.25) is 23.6 Å². The molecule has 3 aromatic rings. The lowest BCUT2D eigenvalue weighted by Crippen LogP contribution is -2.52. The molecule has 1 aromatic heterocycles. The minimum Gasteiger partial charge on any atom is -0.493 e. The van der Waals surface area contributed by atoms with E-state index in [2.05, 4.69) is 31.6 Å². The van der Waals surface area contributed by atoms with Crippen molar-refractivity contribution in [1.29, 1.82) is 5.41 Å². The van der Waals surface area contributed by atoms with E-state index < -0.39 is 35.4 Å². The number of nitrogens with one attached hydrogen (secondary N) is 7. The molecule has 9 N–H and O–H groups in total. The number of nitrogens with two attached hydrogens (primary N) is 1. The highest BCUT2D eigenvalue weighted by molar-refractivity contribution is 5.96. The maximum atomic E-state index is 12.6. The van der Waals surface area contributed by atoms with E-state index in [0.29, 0.717) is 83.1 Å². The number of H-pyrrole nitrogens is 1. The highest BCUT2D eigenvalue weighted by atomic mass is 16.6. The quantitative estimate of drug-likeness (QED) is 0.0136. The third-order valence-corrected chi connectivity index (χ3v) is 10.3. The number of amides is 5. The zero-order valence-electron chi connectivity index (χ0n) is 41.4. The summed E-state index contributed by atoms with van der Waals surface area (Å²) in [4.78, 5) is 101. The van der Waals surface area contributed by atoms with Gasteiger partial charge in [-0.05, 0) is 73.6 Å². The topological polar surface area (TPSA) is 323 Å². The van der Waals surface area contributed by atoms with Crippen molar-refractivity contribution in [1.82, 2.24) is 36.1 Å². The molecule has 0 unspecified atom stereocenters. The van der Waals surface area contributed by atoms with Crippen LogP contribution in [0.25, 0.3) is 6.08 Å². The molecule has 0 radical (unpaired) electrons. The Balaban J connectivity index is 1.18. The first kappa shape index (κ1) is 58.9. The molecule has 23 heteroatoms. The molecular weight excluding hydrogens is 939 g/mol. The van der Waals surface area contributed by atoms with Crippen LogP contribution in [0.4, 0.5) is 5.82 Å². The number of aromatic amines is 1. The molecule has 5 amide bonds. The fraction of sp³-hybridized carbons (Fsp3) is 0.490. The Morgan fingerprint density at radius 1 is 0.764 bits per heavy atom. The number of carbonyl (C=O) groups excluding carboxylic acids is 7. The summed E-state index contributed by atoms with van der Waals surface area (Å²) < 4.78 is 33.6. The lowest BCUT2D eigenvalue weighted by molar-refractivity contribution is -0.143. The summed E-state index contributed by atoms with van der Waals surface area (Å²) in [5.41, 5.74) is 7.52. The number of hydrogen-bond donors (Lipinski definition) is 8. The van der Waals surface area contributed by atoms with Crippen LogP contribution in [0.5, 0.6) is 11.5 Å². The highest BCUT2D eigenvalue weighted by Crippen LogP contribution is 2.29. The van der Waals surface area contributed by atoms with E-state index in [-0.39, 0.29) is 92.2 Å². The average Bonchev–Trinajstić information content (AvgIpc) is 3.64. The zero-order chi connectivity index (χ0) is 52.7. The molecule has 0 saturated heterocycles. The number of imidazole rings is 1. The number of esters is 2.